The van der Waals surface area contributed by atoms with Crippen LogP contribution in [0.25, 0.3) is 6.08 Å². The molecule has 1 aromatic rings. The molecular formula is C12H9F3Se. The first-order valence-corrected chi connectivity index (χ1v) is 6.88. The molecule has 0 nitrogen and oxygen atoms in total. The zero-order chi connectivity index (χ0) is 11.4. The number of hydrogen-bond acceptors (Lipinski definition) is 0. The molecule has 0 aromatic heterocycles. The summed E-state index contributed by atoms with van der Waals surface area (Å²) in [6, 6.07) is 7.46. The molecule has 0 amide bonds. The van der Waals surface area contributed by atoms with Gasteiger partial charge >= 0.3 is 97.4 Å². The minimum atomic E-state index is -4.06. The van der Waals surface area contributed by atoms with Gasteiger partial charge in [-0.15, -0.1) is 0 Å². The van der Waals surface area contributed by atoms with Crippen LogP contribution < -0.4 is 0 Å². The molecule has 16 heavy (non-hydrogen) atoms. The van der Waals surface area contributed by atoms with Crippen molar-refractivity contribution in [1.29, 1.82) is 0 Å². The second-order valence-electron chi connectivity index (χ2n) is 4.17. The van der Waals surface area contributed by atoms with Gasteiger partial charge in [0.1, 0.15) is 0 Å². The molecule has 2 unspecified atom stereocenters. The van der Waals surface area contributed by atoms with Gasteiger partial charge in [0.25, 0.3) is 0 Å². The van der Waals surface area contributed by atoms with Crippen LogP contribution in [-0.2, 0) is 4.31 Å². The molecule has 0 radical (unpaired) electrons. The van der Waals surface area contributed by atoms with Gasteiger partial charge in [-0.2, -0.15) is 0 Å². The molecule has 1 aliphatic carbocycles. The van der Waals surface area contributed by atoms with E-state index < -0.39 is 16.9 Å². The van der Waals surface area contributed by atoms with Crippen LogP contribution in [0.1, 0.15) is 17.5 Å². The van der Waals surface area contributed by atoms with Crippen molar-refractivity contribution in [1.82, 2.24) is 0 Å². The van der Waals surface area contributed by atoms with E-state index in [0.29, 0.717) is 0 Å². The minimum absolute atomic E-state index is 0.0611. The predicted octanol–water partition coefficient (Wildman–Crippen LogP) is 3.37. The second-order valence-corrected chi connectivity index (χ2v) is 7.25. The summed E-state index contributed by atoms with van der Waals surface area (Å²) in [7, 11) is 0. The topological polar surface area (TPSA) is 0 Å². The SMILES string of the molecule is FC(F)(F)CC12[Se]C1C=Cc1ccccc12. The third kappa shape index (κ3) is 1.52. The first-order valence-electron chi connectivity index (χ1n) is 5.04. The first-order chi connectivity index (χ1) is 7.51. The molecule has 1 heterocycles. The van der Waals surface area contributed by atoms with E-state index in [1.165, 1.54) is 0 Å². The zero-order valence-electron chi connectivity index (χ0n) is 8.29. The standard InChI is InChI=1S/C12H9F3Se/c13-12(14,15)7-11-9-4-2-1-3-8(9)5-6-10(11)16-11/h1-6,10H,7H2. The Hall–Kier alpha value is -0.731. The van der Waals surface area contributed by atoms with Crippen molar-refractivity contribution < 1.29 is 13.2 Å². The van der Waals surface area contributed by atoms with Crippen LogP contribution in [0.2, 0.25) is 4.82 Å². The molecule has 0 N–H and O–H groups in total. The van der Waals surface area contributed by atoms with E-state index in [1.807, 2.05) is 36.4 Å². The average molecular weight is 289 g/mol. The van der Waals surface area contributed by atoms with Gasteiger partial charge in [-0.1, -0.05) is 0 Å². The average Bonchev–Trinajstić information content (AvgIpc) is 2.89. The van der Waals surface area contributed by atoms with E-state index in [-0.39, 0.29) is 19.8 Å². The van der Waals surface area contributed by atoms with Crippen LogP contribution in [0.4, 0.5) is 13.2 Å². The predicted molar refractivity (Wildman–Crippen MR) is 57.3 cm³/mol. The molecule has 1 fully saturated rings. The Morgan fingerprint density at radius 3 is 2.75 bits per heavy atom. The van der Waals surface area contributed by atoms with Gasteiger partial charge in [0.2, 0.25) is 0 Å². The van der Waals surface area contributed by atoms with Crippen LogP contribution in [0.3, 0.4) is 0 Å². The molecule has 1 aromatic carbocycles. The van der Waals surface area contributed by atoms with Gasteiger partial charge in [-0.25, -0.2) is 0 Å². The van der Waals surface area contributed by atoms with Gasteiger partial charge in [0.15, 0.2) is 0 Å². The maximum atomic E-state index is 12.6. The molecule has 2 atom stereocenters. The molecule has 84 valence electrons. The molecule has 2 aliphatic rings. The third-order valence-corrected chi connectivity index (χ3v) is 6.42. The Bertz CT molecular complexity index is 464. The summed E-state index contributed by atoms with van der Waals surface area (Å²) >= 11 is 0.0611. The van der Waals surface area contributed by atoms with Gasteiger partial charge in [-0.05, 0) is 0 Å². The van der Waals surface area contributed by atoms with Crippen molar-refractivity contribution in [3.63, 3.8) is 0 Å². The normalized spacial score (nSPS) is 30.8. The fraction of sp³-hybridized carbons (Fsp3) is 0.333. The van der Waals surface area contributed by atoms with E-state index in [0.717, 1.165) is 11.1 Å². The summed E-state index contributed by atoms with van der Waals surface area (Å²) in [6.45, 7) is 0. The summed E-state index contributed by atoms with van der Waals surface area (Å²) in [5.41, 5.74) is 1.86. The van der Waals surface area contributed by atoms with Gasteiger partial charge < -0.3 is 0 Å². The van der Waals surface area contributed by atoms with Gasteiger partial charge in [0.05, 0.1) is 0 Å². The number of hydrogen-bond donors (Lipinski definition) is 0. The van der Waals surface area contributed by atoms with Crippen LogP contribution >= 0.6 is 0 Å². The van der Waals surface area contributed by atoms with Gasteiger partial charge in [0, 0.05) is 0 Å². The van der Waals surface area contributed by atoms with Crippen LogP contribution in [0, 0.1) is 0 Å². The quantitative estimate of drug-likeness (QED) is 0.695. The molecule has 0 bridgehead atoms. The van der Waals surface area contributed by atoms with E-state index in [1.54, 1.807) is 0 Å². The Kier molecular flexibility index (Phi) is 2.05. The van der Waals surface area contributed by atoms with Crippen LogP contribution in [-0.4, -0.2) is 21.1 Å². The van der Waals surface area contributed by atoms with Crippen molar-refractivity contribution >= 4 is 21.0 Å². The number of rotatable bonds is 1. The summed E-state index contributed by atoms with van der Waals surface area (Å²) in [6.07, 6.45) is -0.807. The Labute approximate surface area is 97.7 Å². The number of fused-ring (bicyclic) bond motifs is 3. The summed E-state index contributed by atoms with van der Waals surface area (Å²) in [5.74, 6) is 0. The number of benzene rings is 1. The van der Waals surface area contributed by atoms with Crippen molar-refractivity contribution in [3.8, 4) is 0 Å². The molecule has 0 spiro atoms. The van der Waals surface area contributed by atoms with Crippen molar-refractivity contribution in [2.45, 2.75) is 21.7 Å². The van der Waals surface area contributed by atoms with E-state index >= 15 is 0 Å². The van der Waals surface area contributed by atoms with E-state index in [9.17, 15) is 13.2 Å². The first kappa shape index (κ1) is 10.4. The van der Waals surface area contributed by atoms with Crippen molar-refractivity contribution in [3.05, 3.63) is 41.5 Å². The fourth-order valence-electron chi connectivity index (χ4n) is 2.36. The van der Waals surface area contributed by atoms with Crippen molar-refractivity contribution in [2.24, 2.45) is 0 Å². The van der Waals surface area contributed by atoms with Crippen LogP contribution in [0.15, 0.2) is 30.3 Å². The van der Waals surface area contributed by atoms with Gasteiger partial charge in [-0.3, -0.25) is 0 Å². The number of allylic oxidation sites excluding steroid dienone is 1. The number of halogens is 3. The second kappa shape index (κ2) is 3.14. The zero-order valence-corrected chi connectivity index (χ0v) is 10.0. The Morgan fingerprint density at radius 2 is 2.00 bits per heavy atom. The molecule has 1 saturated heterocycles. The monoisotopic (exact) mass is 290 g/mol. The van der Waals surface area contributed by atoms with Crippen LogP contribution in [0.5, 0.6) is 0 Å². The third-order valence-electron chi connectivity index (χ3n) is 3.07. The fourth-order valence-corrected chi connectivity index (χ4v) is 5.28. The molecule has 1 aliphatic heterocycles. The summed E-state index contributed by atoms with van der Waals surface area (Å²) in [4.78, 5) is 0.150. The Balaban J connectivity index is 2.03. The number of alkyl halides is 3. The van der Waals surface area contributed by atoms with E-state index in [4.69, 9.17) is 0 Å². The molecule has 0 saturated carbocycles. The molecule has 3 rings (SSSR count). The van der Waals surface area contributed by atoms with E-state index in [2.05, 4.69) is 0 Å². The maximum absolute atomic E-state index is 12.6. The Morgan fingerprint density at radius 1 is 1.25 bits per heavy atom. The molecular weight excluding hydrogens is 280 g/mol. The van der Waals surface area contributed by atoms with Crippen molar-refractivity contribution in [2.75, 3.05) is 0 Å². The summed E-state index contributed by atoms with van der Waals surface area (Å²) < 4.78 is 37.2. The summed E-state index contributed by atoms with van der Waals surface area (Å²) in [5, 5.41) is 0. The molecule has 4 heteroatoms.